The topological polar surface area (TPSA) is 55.4 Å². The molecule has 1 N–H and O–H groups in total. The molecule has 0 aromatic heterocycles. The van der Waals surface area contributed by atoms with E-state index in [0.29, 0.717) is 18.0 Å². The zero-order valence-electron chi connectivity index (χ0n) is 13.7. The lowest BCUT2D eigenvalue weighted by Crippen LogP contribution is -2.26. The van der Waals surface area contributed by atoms with E-state index in [1.54, 1.807) is 12.1 Å². The fraction of sp³-hybridized carbons (Fsp3) is 0.300. The third-order valence-corrected chi connectivity index (χ3v) is 4.42. The average molecular weight is 323 g/mol. The largest absolute Gasteiger partial charge is 0.453 e. The van der Waals surface area contributed by atoms with Crippen molar-refractivity contribution >= 4 is 11.9 Å². The quantitative estimate of drug-likeness (QED) is 0.826. The van der Waals surface area contributed by atoms with Crippen molar-refractivity contribution in [1.29, 1.82) is 0 Å². The number of esters is 1. The zero-order valence-corrected chi connectivity index (χ0v) is 13.7. The van der Waals surface area contributed by atoms with Crippen LogP contribution in [0.3, 0.4) is 0 Å². The minimum atomic E-state index is -0.472. The van der Waals surface area contributed by atoms with Gasteiger partial charge in [0.25, 0.3) is 0 Å². The van der Waals surface area contributed by atoms with Crippen molar-refractivity contribution in [1.82, 2.24) is 5.32 Å². The Kier molecular flexibility index (Phi) is 4.94. The summed E-state index contributed by atoms with van der Waals surface area (Å²) in [6.07, 6.45) is 0.569. The van der Waals surface area contributed by atoms with Gasteiger partial charge in [0, 0.05) is 12.1 Å². The number of rotatable bonds is 6. The fourth-order valence-electron chi connectivity index (χ4n) is 2.99. The summed E-state index contributed by atoms with van der Waals surface area (Å²) in [7, 11) is 0. The highest BCUT2D eigenvalue weighted by molar-refractivity contribution is 5.94. The first kappa shape index (κ1) is 16.2. The van der Waals surface area contributed by atoms with Crippen molar-refractivity contribution in [3.8, 4) is 0 Å². The molecule has 2 atom stereocenters. The third-order valence-electron chi connectivity index (χ3n) is 4.42. The highest BCUT2D eigenvalue weighted by Crippen LogP contribution is 2.32. The molecule has 2 aromatic rings. The second-order valence-corrected chi connectivity index (χ2v) is 6.14. The van der Waals surface area contributed by atoms with Crippen LogP contribution in [0.15, 0.2) is 54.6 Å². The maximum atomic E-state index is 12.1. The Morgan fingerprint density at radius 1 is 1.12 bits per heavy atom. The third kappa shape index (κ3) is 3.65. The van der Waals surface area contributed by atoms with E-state index in [-0.39, 0.29) is 18.3 Å². The Labute approximate surface area is 141 Å². The Balaban J connectivity index is 1.48. The molecule has 0 bridgehead atoms. The number of benzene rings is 2. The number of hydrogen-bond acceptors (Lipinski definition) is 3. The number of hydrogen-bond donors (Lipinski definition) is 1. The lowest BCUT2D eigenvalue weighted by Gasteiger charge is -2.14. The van der Waals surface area contributed by atoms with Gasteiger partial charge in [0.2, 0.25) is 5.91 Å². The number of fused-ring (bicyclic) bond motifs is 1. The van der Waals surface area contributed by atoms with Crippen LogP contribution in [0.2, 0.25) is 0 Å². The number of ether oxygens (including phenoxy) is 1. The molecule has 4 nitrogen and oxygen atoms in total. The second-order valence-electron chi connectivity index (χ2n) is 6.14. The van der Waals surface area contributed by atoms with Gasteiger partial charge in [0.15, 0.2) is 0 Å². The van der Waals surface area contributed by atoms with Gasteiger partial charge in [0.05, 0.1) is 12.0 Å². The Morgan fingerprint density at radius 2 is 1.83 bits per heavy atom. The second kappa shape index (κ2) is 7.30. The van der Waals surface area contributed by atoms with Gasteiger partial charge < -0.3 is 10.1 Å². The minimum absolute atomic E-state index is 0.0928. The summed E-state index contributed by atoms with van der Waals surface area (Å²) in [4.78, 5) is 23.9. The highest BCUT2D eigenvalue weighted by atomic mass is 16.5. The van der Waals surface area contributed by atoms with Crippen molar-refractivity contribution in [3.63, 3.8) is 0 Å². The lowest BCUT2D eigenvalue weighted by molar-refractivity contribution is -0.123. The number of carbonyl (C=O) groups excluding carboxylic acids is 2. The van der Waals surface area contributed by atoms with Crippen LogP contribution in [0.5, 0.6) is 0 Å². The molecule has 4 heteroatoms. The zero-order chi connectivity index (χ0) is 16.9. The maximum absolute atomic E-state index is 12.1. The molecule has 0 fully saturated rings. The molecular formula is C20H21NO3. The van der Waals surface area contributed by atoms with E-state index < -0.39 is 6.10 Å². The van der Waals surface area contributed by atoms with Gasteiger partial charge in [-0.05, 0) is 24.0 Å². The van der Waals surface area contributed by atoms with E-state index in [9.17, 15) is 9.59 Å². The van der Waals surface area contributed by atoms with Crippen LogP contribution in [0.1, 0.15) is 53.3 Å². The number of carbonyl (C=O) groups is 2. The molecule has 0 saturated heterocycles. The maximum Gasteiger partial charge on any atom is 0.339 e. The first-order valence-electron chi connectivity index (χ1n) is 8.26. The van der Waals surface area contributed by atoms with E-state index in [2.05, 4.69) is 24.4 Å². The summed E-state index contributed by atoms with van der Waals surface area (Å²) in [5.41, 5.74) is 2.63. The summed E-state index contributed by atoms with van der Waals surface area (Å²) >= 11 is 0. The molecule has 1 heterocycles. The fourth-order valence-corrected chi connectivity index (χ4v) is 2.99. The van der Waals surface area contributed by atoms with E-state index in [1.807, 2.05) is 30.3 Å². The summed E-state index contributed by atoms with van der Waals surface area (Å²) in [5, 5.41) is 2.93. The molecule has 2 aromatic carbocycles. The number of cyclic esters (lactones) is 1. The summed E-state index contributed by atoms with van der Waals surface area (Å²) in [5.74, 6) is -0.0533. The molecule has 0 spiro atoms. The predicted molar refractivity (Wildman–Crippen MR) is 91.7 cm³/mol. The molecule has 1 aliphatic rings. The predicted octanol–water partition coefficient (Wildman–Crippen LogP) is 3.60. The van der Waals surface area contributed by atoms with Crippen molar-refractivity contribution in [2.24, 2.45) is 0 Å². The van der Waals surface area contributed by atoms with Gasteiger partial charge in [-0.3, -0.25) is 4.79 Å². The van der Waals surface area contributed by atoms with Crippen LogP contribution in [-0.4, -0.2) is 18.4 Å². The van der Waals surface area contributed by atoms with E-state index in [1.165, 1.54) is 5.56 Å². The molecule has 124 valence electrons. The van der Waals surface area contributed by atoms with Gasteiger partial charge in [-0.15, -0.1) is 0 Å². The van der Waals surface area contributed by atoms with Gasteiger partial charge in [-0.1, -0.05) is 55.5 Å². The van der Waals surface area contributed by atoms with Crippen molar-refractivity contribution in [3.05, 3.63) is 71.3 Å². The number of nitrogens with one attached hydrogen (secondary N) is 1. The Morgan fingerprint density at radius 3 is 2.62 bits per heavy atom. The van der Waals surface area contributed by atoms with Crippen molar-refractivity contribution < 1.29 is 14.3 Å². The van der Waals surface area contributed by atoms with Crippen LogP contribution in [-0.2, 0) is 9.53 Å². The average Bonchev–Trinajstić information content (AvgIpc) is 2.92. The molecule has 0 saturated carbocycles. The van der Waals surface area contributed by atoms with Crippen molar-refractivity contribution in [2.75, 3.05) is 6.54 Å². The SMILES string of the molecule is C[C@@H](CCNC(=O)C[C@H]1OC(=O)c2ccccc21)c1ccccc1. The van der Waals surface area contributed by atoms with E-state index >= 15 is 0 Å². The Hall–Kier alpha value is -2.62. The van der Waals surface area contributed by atoms with Gasteiger partial charge in [0.1, 0.15) is 6.10 Å². The molecule has 0 unspecified atom stereocenters. The number of amides is 1. The monoisotopic (exact) mass is 323 g/mol. The van der Waals surface area contributed by atoms with Crippen molar-refractivity contribution in [2.45, 2.75) is 31.8 Å². The van der Waals surface area contributed by atoms with Gasteiger partial charge >= 0.3 is 5.97 Å². The summed E-state index contributed by atoms with van der Waals surface area (Å²) in [6.45, 7) is 2.76. The molecule has 24 heavy (non-hydrogen) atoms. The minimum Gasteiger partial charge on any atom is -0.453 e. The van der Waals surface area contributed by atoms with E-state index in [0.717, 1.165) is 12.0 Å². The normalized spacial score (nSPS) is 17.0. The molecule has 1 aliphatic heterocycles. The van der Waals surface area contributed by atoms with Crippen LogP contribution in [0.25, 0.3) is 0 Å². The molecule has 3 rings (SSSR count). The highest BCUT2D eigenvalue weighted by Gasteiger charge is 2.31. The standard InChI is InChI=1S/C20H21NO3/c1-14(15-7-3-2-4-8-15)11-12-21-19(22)13-18-16-9-5-6-10-17(16)20(23)24-18/h2-10,14,18H,11-13H2,1H3,(H,21,22)/t14-,18+/m0/s1. The molecule has 0 radical (unpaired) electrons. The van der Waals surface area contributed by atoms with Crippen LogP contribution >= 0.6 is 0 Å². The van der Waals surface area contributed by atoms with Crippen LogP contribution in [0.4, 0.5) is 0 Å². The van der Waals surface area contributed by atoms with Gasteiger partial charge in [-0.25, -0.2) is 4.79 Å². The summed E-state index contributed by atoms with van der Waals surface area (Å²) < 4.78 is 5.30. The molecular weight excluding hydrogens is 302 g/mol. The first-order valence-corrected chi connectivity index (χ1v) is 8.26. The van der Waals surface area contributed by atoms with Crippen LogP contribution < -0.4 is 5.32 Å². The van der Waals surface area contributed by atoms with Gasteiger partial charge in [-0.2, -0.15) is 0 Å². The smallest absolute Gasteiger partial charge is 0.339 e. The first-order chi connectivity index (χ1) is 11.6. The molecule has 0 aliphatic carbocycles. The van der Waals surface area contributed by atoms with E-state index in [4.69, 9.17) is 4.74 Å². The summed E-state index contributed by atoms with van der Waals surface area (Å²) in [6, 6.07) is 17.5. The molecule has 1 amide bonds. The van der Waals surface area contributed by atoms with Crippen LogP contribution in [0, 0.1) is 0 Å². The Bertz CT molecular complexity index is 727. The lowest BCUT2D eigenvalue weighted by atomic mass is 9.98.